The molecule has 2 rings (SSSR count). The summed E-state index contributed by atoms with van der Waals surface area (Å²) >= 11 is 3.26. The number of nitrogens with zero attached hydrogens (tertiary/aromatic N) is 1. The van der Waals surface area contributed by atoms with Gasteiger partial charge in [0.2, 0.25) is 0 Å². The third kappa shape index (κ3) is 2.68. The summed E-state index contributed by atoms with van der Waals surface area (Å²) in [5.41, 5.74) is 0.736. The van der Waals surface area contributed by atoms with Crippen LogP contribution in [0.5, 0.6) is 0 Å². The van der Waals surface area contributed by atoms with Gasteiger partial charge in [0.15, 0.2) is 0 Å². The van der Waals surface area contributed by atoms with Crippen LogP contribution in [0.1, 0.15) is 34.1 Å². The van der Waals surface area contributed by atoms with Gasteiger partial charge in [0.05, 0.1) is 24.2 Å². The summed E-state index contributed by atoms with van der Waals surface area (Å²) in [7, 11) is 0. The van der Waals surface area contributed by atoms with E-state index in [1.807, 2.05) is 0 Å². The van der Waals surface area contributed by atoms with Crippen LogP contribution in [-0.4, -0.2) is 35.8 Å². The van der Waals surface area contributed by atoms with Crippen molar-refractivity contribution >= 4 is 33.7 Å². The van der Waals surface area contributed by atoms with Crippen LogP contribution in [0.4, 0.5) is 0 Å². The van der Waals surface area contributed by atoms with Gasteiger partial charge in [-0.15, -0.1) is 0 Å². The molecule has 0 saturated carbocycles. The minimum atomic E-state index is -0.416. The zero-order valence-corrected chi connectivity index (χ0v) is 11.9. The lowest BCUT2D eigenvalue weighted by atomic mass is 10.1. The van der Waals surface area contributed by atoms with Gasteiger partial charge in [-0.05, 0) is 25.1 Å². The number of halogens is 1. The highest BCUT2D eigenvalue weighted by molar-refractivity contribution is 9.10. The fourth-order valence-corrected chi connectivity index (χ4v) is 2.26. The van der Waals surface area contributed by atoms with Gasteiger partial charge in [-0.2, -0.15) is 0 Å². The average molecular weight is 326 g/mol. The van der Waals surface area contributed by atoms with E-state index in [2.05, 4.69) is 15.9 Å². The smallest absolute Gasteiger partial charge is 0.307 e. The van der Waals surface area contributed by atoms with E-state index in [1.165, 1.54) is 0 Å². The molecule has 1 aliphatic rings. The van der Waals surface area contributed by atoms with Crippen molar-refractivity contribution < 1.29 is 19.1 Å². The molecule has 19 heavy (non-hydrogen) atoms. The molecule has 1 aromatic rings. The van der Waals surface area contributed by atoms with Crippen LogP contribution in [0, 0.1) is 0 Å². The quantitative estimate of drug-likeness (QED) is 0.627. The first-order valence-corrected chi connectivity index (χ1v) is 6.65. The molecule has 0 bridgehead atoms. The second-order valence-corrected chi connectivity index (χ2v) is 4.92. The molecule has 0 radical (unpaired) electrons. The minimum Gasteiger partial charge on any atom is -0.466 e. The molecule has 1 aromatic carbocycles. The van der Waals surface area contributed by atoms with E-state index in [1.54, 1.807) is 25.1 Å². The van der Waals surface area contributed by atoms with Crippen LogP contribution in [0.3, 0.4) is 0 Å². The standard InChI is InChI=1S/C13H12BrNO4/c1-2-19-11(16)5-6-15-12(17)9-4-3-8(14)7-10(9)13(15)18/h3-4,7H,2,5-6H2,1H3. The van der Waals surface area contributed by atoms with E-state index in [0.717, 1.165) is 9.37 Å². The molecule has 0 saturated heterocycles. The molecule has 2 amide bonds. The molecule has 5 nitrogen and oxygen atoms in total. The molecule has 0 spiro atoms. The van der Waals surface area contributed by atoms with Gasteiger partial charge in [-0.3, -0.25) is 19.3 Å². The fraction of sp³-hybridized carbons (Fsp3) is 0.308. The first-order valence-electron chi connectivity index (χ1n) is 5.86. The Labute approximate surface area is 118 Å². The third-order valence-corrected chi connectivity index (χ3v) is 3.27. The van der Waals surface area contributed by atoms with Crippen LogP contribution in [0.2, 0.25) is 0 Å². The van der Waals surface area contributed by atoms with E-state index < -0.39 is 5.97 Å². The van der Waals surface area contributed by atoms with Crippen molar-refractivity contribution in [2.24, 2.45) is 0 Å². The predicted octanol–water partition coefficient (Wildman–Crippen LogP) is 2.00. The van der Waals surface area contributed by atoms with Crippen molar-refractivity contribution in [2.45, 2.75) is 13.3 Å². The van der Waals surface area contributed by atoms with Crippen molar-refractivity contribution in [1.29, 1.82) is 0 Å². The molecule has 0 aliphatic carbocycles. The van der Waals surface area contributed by atoms with E-state index in [9.17, 15) is 14.4 Å². The van der Waals surface area contributed by atoms with E-state index in [4.69, 9.17) is 4.74 Å². The molecule has 0 fully saturated rings. The number of benzene rings is 1. The van der Waals surface area contributed by atoms with Crippen LogP contribution >= 0.6 is 15.9 Å². The summed E-state index contributed by atoms with van der Waals surface area (Å²) in [4.78, 5) is 36.4. The Morgan fingerprint density at radius 3 is 2.63 bits per heavy atom. The van der Waals surface area contributed by atoms with Gasteiger partial charge in [0, 0.05) is 11.0 Å². The highest BCUT2D eigenvalue weighted by Crippen LogP contribution is 2.26. The number of esters is 1. The second kappa shape index (κ2) is 5.52. The number of imide groups is 1. The maximum atomic E-state index is 12.1. The number of hydrogen-bond acceptors (Lipinski definition) is 4. The fourth-order valence-electron chi connectivity index (χ4n) is 1.90. The second-order valence-electron chi connectivity index (χ2n) is 4.01. The van der Waals surface area contributed by atoms with Crippen LogP contribution in [0.25, 0.3) is 0 Å². The molecular weight excluding hydrogens is 314 g/mol. The number of amides is 2. The Balaban J connectivity index is 2.12. The SMILES string of the molecule is CCOC(=O)CCN1C(=O)c2ccc(Br)cc2C1=O. The molecule has 0 unspecified atom stereocenters. The topological polar surface area (TPSA) is 63.7 Å². The molecule has 0 atom stereocenters. The lowest BCUT2D eigenvalue weighted by Crippen LogP contribution is -2.32. The van der Waals surface area contributed by atoms with E-state index in [0.29, 0.717) is 11.1 Å². The van der Waals surface area contributed by atoms with Gasteiger partial charge in [0.1, 0.15) is 0 Å². The molecule has 6 heteroatoms. The van der Waals surface area contributed by atoms with Gasteiger partial charge in [-0.1, -0.05) is 15.9 Å². The zero-order valence-electron chi connectivity index (χ0n) is 10.3. The van der Waals surface area contributed by atoms with Crippen LogP contribution in [0.15, 0.2) is 22.7 Å². The number of ether oxygens (including phenoxy) is 1. The summed E-state index contributed by atoms with van der Waals surface area (Å²) in [6.07, 6.45) is 0.0144. The summed E-state index contributed by atoms with van der Waals surface area (Å²) in [6.45, 7) is 2.04. The number of carbonyl (C=O) groups excluding carboxylic acids is 3. The normalized spacial score (nSPS) is 13.7. The first kappa shape index (κ1) is 13.7. The van der Waals surface area contributed by atoms with Gasteiger partial charge >= 0.3 is 5.97 Å². The number of rotatable bonds is 4. The molecule has 0 aromatic heterocycles. The number of carbonyl (C=O) groups is 3. The Kier molecular flexibility index (Phi) is 3.99. The highest BCUT2D eigenvalue weighted by Gasteiger charge is 2.35. The van der Waals surface area contributed by atoms with Crippen LogP contribution in [-0.2, 0) is 9.53 Å². The lowest BCUT2D eigenvalue weighted by Gasteiger charge is -2.12. The molecule has 100 valence electrons. The van der Waals surface area contributed by atoms with E-state index in [-0.39, 0.29) is 31.4 Å². The van der Waals surface area contributed by atoms with Crippen molar-refractivity contribution in [3.8, 4) is 0 Å². The van der Waals surface area contributed by atoms with Gasteiger partial charge in [0.25, 0.3) is 11.8 Å². The van der Waals surface area contributed by atoms with Crippen molar-refractivity contribution in [3.63, 3.8) is 0 Å². The number of fused-ring (bicyclic) bond motifs is 1. The Hall–Kier alpha value is -1.69. The third-order valence-electron chi connectivity index (χ3n) is 2.78. The monoisotopic (exact) mass is 325 g/mol. The average Bonchev–Trinajstić information content (AvgIpc) is 2.60. The Bertz CT molecular complexity index is 556. The molecular formula is C13H12BrNO4. The summed E-state index contributed by atoms with van der Waals surface area (Å²) in [6, 6.07) is 4.92. The van der Waals surface area contributed by atoms with Gasteiger partial charge < -0.3 is 4.74 Å². The summed E-state index contributed by atoms with van der Waals surface area (Å²) in [5.74, 6) is -1.15. The van der Waals surface area contributed by atoms with E-state index >= 15 is 0 Å². The zero-order chi connectivity index (χ0) is 14.0. The van der Waals surface area contributed by atoms with Crippen LogP contribution < -0.4 is 0 Å². The van der Waals surface area contributed by atoms with Crippen molar-refractivity contribution in [2.75, 3.05) is 13.2 Å². The summed E-state index contributed by atoms with van der Waals surface area (Å²) < 4.78 is 5.51. The van der Waals surface area contributed by atoms with Crippen molar-refractivity contribution in [3.05, 3.63) is 33.8 Å². The summed E-state index contributed by atoms with van der Waals surface area (Å²) in [5, 5.41) is 0. The number of hydrogen-bond donors (Lipinski definition) is 0. The maximum Gasteiger partial charge on any atom is 0.307 e. The lowest BCUT2D eigenvalue weighted by molar-refractivity contribution is -0.143. The van der Waals surface area contributed by atoms with Gasteiger partial charge in [-0.25, -0.2) is 0 Å². The minimum absolute atomic E-state index is 0.0144. The molecule has 1 aliphatic heterocycles. The highest BCUT2D eigenvalue weighted by atomic mass is 79.9. The predicted molar refractivity (Wildman–Crippen MR) is 70.8 cm³/mol. The Morgan fingerprint density at radius 1 is 1.26 bits per heavy atom. The Morgan fingerprint density at radius 2 is 1.95 bits per heavy atom. The molecule has 0 N–H and O–H groups in total. The largest absolute Gasteiger partial charge is 0.466 e. The molecule has 1 heterocycles. The maximum absolute atomic E-state index is 12.1. The van der Waals surface area contributed by atoms with Crippen molar-refractivity contribution in [1.82, 2.24) is 4.90 Å². The first-order chi connectivity index (χ1) is 9.04.